The molecule has 2 rings (SSSR count). The molecule has 1 aliphatic carbocycles. The van der Waals surface area contributed by atoms with Crippen LogP contribution in [0.4, 0.5) is 13.2 Å². The molecule has 3 N–H and O–H groups in total. The van der Waals surface area contributed by atoms with E-state index >= 15 is 0 Å². The Balaban J connectivity index is 0.00000288. The third-order valence-electron chi connectivity index (χ3n) is 4.41. The van der Waals surface area contributed by atoms with Crippen LogP contribution in [-0.4, -0.2) is 18.0 Å². The summed E-state index contributed by atoms with van der Waals surface area (Å²) < 4.78 is 38.2. The Morgan fingerprint density at radius 2 is 1.92 bits per heavy atom. The van der Waals surface area contributed by atoms with Crippen LogP contribution in [0.3, 0.4) is 0 Å². The van der Waals surface area contributed by atoms with E-state index in [-0.39, 0.29) is 42.7 Å². The van der Waals surface area contributed by atoms with Crippen molar-refractivity contribution in [2.24, 2.45) is 5.73 Å². The highest BCUT2D eigenvalue weighted by atomic mass is 35.5. The Hall–Kier alpha value is -1.27. The van der Waals surface area contributed by atoms with Crippen LogP contribution in [0.1, 0.15) is 56.1 Å². The van der Waals surface area contributed by atoms with Gasteiger partial charge in [-0.1, -0.05) is 25.1 Å². The van der Waals surface area contributed by atoms with Crippen LogP contribution in [0, 0.1) is 0 Å². The van der Waals surface area contributed by atoms with Gasteiger partial charge in [-0.05, 0) is 43.2 Å². The molecule has 1 unspecified atom stereocenters. The number of benzene rings is 1. The van der Waals surface area contributed by atoms with E-state index in [0.717, 1.165) is 37.8 Å². The van der Waals surface area contributed by atoms with Gasteiger partial charge in [-0.3, -0.25) is 4.79 Å². The summed E-state index contributed by atoms with van der Waals surface area (Å²) in [7, 11) is 0. The van der Waals surface area contributed by atoms with Crippen LogP contribution >= 0.6 is 12.4 Å². The topological polar surface area (TPSA) is 55.1 Å². The number of rotatable bonds is 4. The first kappa shape index (κ1) is 20.8. The highest BCUT2D eigenvalue weighted by Gasteiger charge is 2.31. The average Bonchev–Trinajstić information content (AvgIpc) is 2.49. The minimum atomic E-state index is -4.36. The van der Waals surface area contributed by atoms with Crippen molar-refractivity contribution < 1.29 is 18.0 Å². The van der Waals surface area contributed by atoms with E-state index in [1.807, 2.05) is 0 Å². The lowest BCUT2D eigenvalue weighted by Gasteiger charge is -2.27. The molecule has 1 amide bonds. The van der Waals surface area contributed by atoms with Crippen LogP contribution < -0.4 is 11.1 Å². The Labute approximate surface area is 146 Å². The summed E-state index contributed by atoms with van der Waals surface area (Å²) in [4.78, 5) is 12.1. The second kappa shape index (κ2) is 8.72. The van der Waals surface area contributed by atoms with Crippen molar-refractivity contribution >= 4 is 18.3 Å². The van der Waals surface area contributed by atoms with E-state index < -0.39 is 11.7 Å². The van der Waals surface area contributed by atoms with E-state index in [2.05, 4.69) is 5.32 Å². The van der Waals surface area contributed by atoms with Crippen LogP contribution in [0.2, 0.25) is 0 Å². The largest absolute Gasteiger partial charge is 0.416 e. The van der Waals surface area contributed by atoms with Crippen LogP contribution in [0.5, 0.6) is 0 Å². The van der Waals surface area contributed by atoms with E-state index in [9.17, 15) is 18.0 Å². The van der Waals surface area contributed by atoms with E-state index in [1.54, 1.807) is 13.0 Å². The Morgan fingerprint density at radius 3 is 2.50 bits per heavy atom. The average molecular weight is 365 g/mol. The molecule has 1 saturated carbocycles. The lowest BCUT2D eigenvalue weighted by atomic mass is 9.91. The molecule has 0 aromatic heterocycles. The van der Waals surface area contributed by atoms with Gasteiger partial charge in [0.1, 0.15) is 0 Å². The number of nitrogens with two attached hydrogens (primary N) is 1. The van der Waals surface area contributed by atoms with Crippen molar-refractivity contribution in [2.45, 2.75) is 63.2 Å². The van der Waals surface area contributed by atoms with Gasteiger partial charge >= 0.3 is 6.18 Å². The number of nitrogens with one attached hydrogen (secondary N) is 1. The fourth-order valence-corrected chi connectivity index (χ4v) is 2.97. The number of hydrogen-bond donors (Lipinski definition) is 2. The normalized spacial score (nSPS) is 22.4. The molecule has 1 aromatic carbocycles. The summed E-state index contributed by atoms with van der Waals surface area (Å²) >= 11 is 0. The first-order valence-electron chi connectivity index (χ1n) is 7.98. The molecule has 1 fully saturated rings. The van der Waals surface area contributed by atoms with Gasteiger partial charge < -0.3 is 11.1 Å². The van der Waals surface area contributed by atoms with Crippen molar-refractivity contribution in [3.8, 4) is 0 Å². The third kappa shape index (κ3) is 5.98. The molecular weight excluding hydrogens is 341 g/mol. The molecule has 0 saturated heterocycles. The summed E-state index contributed by atoms with van der Waals surface area (Å²) in [5.74, 6) is -0.376. The van der Waals surface area contributed by atoms with E-state index in [4.69, 9.17) is 5.73 Å². The number of carbonyl (C=O) groups excluding carboxylic acids is 1. The lowest BCUT2D eigenvalue weighted by molar-refractivity contribution is -0.137. The van der Waals surface area contributed by atoms with Gasteiger partial charge in [0, 0.05) is 18.5 Å². The van der Waals surface area contributed by atoms with Gasteiger partial charge in [-0.25, -0.2) is 0 Å². The zero-order valence-electron chi connectivity index (χ0n) is 13.6. The van der Waals surface area contributed by atoms with Crippen molar-refractivity contribution in [1.82, 2.24) is 5.32 Å². The predicted molar refractivity (Wildman–Crippen MR) is 90.1 cm³/mol. The second-order valence-corrected chi connectivity index (χ2v) is 6.41. The van der Waals surface area contributed by atoms with Crippen molar-refractivity contribution in [2.75, 3.05) is 0 Å². The molecular formula is C17H24ClF3N2O. The lowest BCUT2D eigenvalue weighted by Crippen LogP contribution is -2.40. The van der Waals surface area contributed by atoms with Crippen molar-refractivity contribution in [1.29, 1.82) is 0 Å². The Bertz CT molecular complexity index is 543. The SMILES string of the molecule is CC(CC(=O)NC1CCC(N)CC1)c1cccc(C(F)(F)F)c1.Cl. The first-order valence-corrected chi connectivity index (χ1v) is 7.98. The summed E-state index contributed by atoms with van der Waals surface area (Å²) in [5, 5.41) is 2.97. The number of hydrogen-bond acceptors (Lipinski definition) is 2. The maximum absolute atomic E-state index is 12.7. The fraction of sp³-hybridized carbons (Fsp3) is 0.588. The van der Waals surface area contributed by atoms with Crippen molar-refractivity contribution in [3.05, 3.63) is 35.4 Å². The predicted octanol–water partition coefficient (Wildman–Crippen LogP) is 4.01. The maximum atomic E-state index is 12.7. The molecule has 0 spiro atoms. The molecule has 0 radical (unpaired) electrons. The summed E-state index contributed by atoms with van der Waals surface area (Å²) in [6, 6.07) is 5.53. The van der Waals surface area contributed by atoms with Gasteiger partial charge in [0.25, 0.3) is 0 Å². The molecule has 1 aromatic rings. The highest BCUT2D eigenvalue weighted by molar-refractivity contribution is 5.85. The molecule has 136 valence electrons. The minimum absolute atomic E-state index is 0. The molecule has 0 bridgehead atoms. The zero-order chi connectivity index (χ0) is 17.0. The fourth-order valence-electron chi connectivity index (χ4n) is 2.97. The molecule has 1 atom stereocenters. The van der Waals surface area contributed by atoms with Crippen molar-refractivity contribution in [3.63, 3.8) is 0 Å². The smallest absolute Gasteiger partial charge is 0.353 e. The first-order chi connectivity index (χ1) is 10.8. The van der Waals surface area contributed by atoms with Gasteiger partial charge in [-0.15, -0.1) is 12.4 Å². The second-order valence-electron chi connectivity index (χ2n) is 6.41. The van der Waals surface area contributed by atoms with E-state index in [1.165, 1.54) is 6.07 Å². The summed E-state index contributed by atoms with van der Waals surface area (Å²) in [6.07, 6.45) is -0.652. The third-order valence-corrected chi connectivity index (χ3v) is 4.41. The standard InChI is InChI=1S/C17H23F3N2O.ClH/c1-11(12-3-2-4-13(10-12)17(18,19)20)9-16(23)22-15-7-5-14(21)6-8-15;/h2-4,10-11,14-15H,5-9,21H2,1H3,(H,22,23);1H. The van der Waals surface area contributed by atoms with Gasteiger partial charge in [0.15, 0.2) is 0 Å². The van der Waals surface area contributed by atoms with Gasteiger partial charge in [0.05, 0.1) is 5.56 Å². The maximum Gasteiger partial charge on any atom is 0.416 e. The number of amides is 1. The van der Waals surface area contributed by atoms with Gasteiger partial charge in [-0.2, -0.15) is 13.2 Å². The number of halogens is 4. The Kier molecular flexibility index (Phi) is 7.55. The molecule has 24 heavy (non-hydrogen) atoms. The molecule has 1 aliphatic rings. The van der Waals surface area contributed by atoms with Crippen LogP contribution in [-0.2, 0) is 11.0 Å². The zero-order valence-corrected chi connectivity index (χ0v) is 14.4. The number of alkyl halides is 3. The quantitative estimate of drug-likeness (QED) is 0.848. The molecule has 3 nitrogen and oxygen atoms in total. The Morgan fingerprint density at radius 1 is 1.29 bits per heavy atom. The number of carbonyl (C=O) groups is 1. The molecule has 7 heteroatoms. The van der Waals surface area contributed by atoms with Crippen LogP contribution in [0.15, 0.2) is 24.3 Å². The van der Waals surface area contributed by atoms with Gasteiger partial charge in [0.2, 0.25) is 5.91 Å². The van der Waals surface area contributed by atoms with Crippen LogP contribution in [0.25, 0.3) is 0 Å². The summed E-state index contributed by atoms with van der Waals surface area (Å²) in [5.41, 5.74) is 5.68. The highest BCUT2D eigenvalue weighted by Crippen LogP contribution is 2.31. The van der Waals surface area contributed by atoms with E-state index in [0.29, 0.717) is 5.56 Å². The molecule has 0 heterocycles. The minimum Gasteiger partial charge on any atom is -0.353 e. The monoisotopic (exact) mass is 364 g/mol. The summed E-state index contributed by atoms with van der Waals surface area (Å²) in [6.45, 7) is 1.77. The molecule has 0 aliphatic heterocycles.